The molecule has 3 N–H and O–H groups in total. The van der Waals surface area contributed by atoms with Gasteiger partial charge in [-0.25, -0.2) is 0 Å². The first kappa shape index (κ1) is 19.7. The van der Waals surface area contributed by atoms with Crippen LogP contribution >= 0.6 is 0 Å². The Bertz CT molecular complexity index is 889. The average molecular weight is 398 g/mol. The molecule has 2 fully saturated rings. The van der Waals surface area contributed by atoms with E-state index in [4.69, 9.17) is 5.73 Å². The van der Waals surface area contributed by atoms with Crippen LogP contribution in [0.25, 0.3) is 0 Å². The maximum atomic E-state index is 13.1. The van der Waals surface area contributed by atoms with Crippen molar-refractivity contribution in [2.45, 2.75) is 57.2 Å². The minimum Gasteiger partial charge on any atom is -0.325 e. The number of imide groups is 2. The van der Waals surface area contributed by atoms with Crippen LogP contribution in [-0.4, -0.2) is 58.1 Å². The Morgan fingerprint density at radius 1 is 1.14 bits per heavy atom. The molecule has 2 saturated heterocycles. The highest BCUT2D eigenvalue weighted by Gasteiger charge is 2.45. The van der Waals surface area contributed by atoms with Crippen LogP contribution in [0.3, 0.4) is 0 Å². The summed E-state index contributed by atoms with van der Waals surface area (Å²) >= 11 is 0. The first-order valence-corrected chi connectivity index (χ1v) is 10.2. The molecule has 0 saturated carbocycles. The second kappa shape index (κ2) is 7.35. The number of nitrogens with two attached hydrogens (primary N) is 1. The molecule has 3 aliphatic rings. The molecule has 154 valence electrons. The van der Waals surface area contributed by atoms with Gasteiger partial charge in [0.2, 0.25) is 11.8 Å². The predicted molar refractivity (Wildman–Crippen MR) is 105 cm³/mol. The summed E-state index contributed by atoms with van der Waals surface area (Å²) in [6.07, 6.45) is 3.01. The molecule has 1 aromatic carbocycles. The van der Waals surface area contributed by atoms with E-state index in [1.165, 1.54) is 0 Å². The molecule has 3 heterocycles. The molecule has 1 atom stereocenters. The molecule has 1 unspecified atom stereocenters. The molecule has 8 nitrogen and oxygen atoms in total. The van der Waals surface area contributed by atoms with Gasteiger partial charge in [-0.05, 0) is 37.3 Å². The van der Waals surface area contributed by atoms with Gasteiger partial charge in [-0.1, -0.05) is 19.1 Å². The van der Waals surface area contributed by atoms with Crippen molar-refractivity contribution in [1.82, 2.24) is 15.1 Å². The summed E-state index contributed by atoms with van der Waals surface area (Å²) in [5.41, 5.74) is 7.75. The molecule has 0 radical (unpaired) electrons. The number of piperidine rings is 2. The number of fused-ring (bicyclic) bond motifs is 1. The largest absolute Gasteiger partial charge is 0.325 e. The summed E-state index contributed by atoms with van der Waals surface area (Å²) in [5, 5.41) is 2.22. The Hall–Kier alpha value is -2.58. The highest BCUT2D eigenvalue weighted by Crippen LogP contribution is 2.31. The summed E-state index contributed by atoms with van der Waals surface area (Å²) in [4.78, 5) is 53.0. The number of carbonyl (C=O) groups excluding carboxylic acids is 4. The first-order valence-electron chi connectivity index (χ1n) is 10.2. The fraction of sp³-hybridized carbons (Fsp3) is 0.524. The number of hydrogen-bond acceptors (Lipinski definition) is 6. The van der Waals surface area contributed by atoms with E-state index in [-0.39, 0.29) is 24.3 Å². The molecular formula is C21H26N4O4. The lowest BCUT2D eigenvalue weighted by molar-refractivity contribution is -0.136. The highest BCUT2D eigenvalue weighted by molar-refractivity contribution is 6.24. The maximum absolute atomic E-state index is 13.1. The second-order valence-electron chi connectivity index (χ2n) is 8.28. The fourth-order valence-corrected chi connectivity index (χ4v) is 4.47. The van der Waals surface area contributed by atoms with Crippen molar-refractivity contribution >= 4 is 23.6 Å². The predicted octanol–water partition coefficient (Wildman–Crippen LogP) is 0.791. The van der Waals surface area contributed by atoms with Crippen LogP contribution < -0.4 is 11.1 Å². The van der Waals surface area contributed by atoms with Gasteiger partial charge in [0.25, 0.3) is 11.8 Å². The van der Waals surface area contributed by atoms with Crippen molar-refractivity contribution in [3.05, 3.63) is 34.9 Å². The first-order chi connectivity index (χ1) is 13.8. The fourth-order valence-electron chi connectivity index (χ4n) is 4.47. The lowest BCUT2D eigenvalue weighted by Gasteiger charge is -2.38. The van der Waals surface area contributed by atoms with Gasteiger partial charge >= 0.3 is 0 Å². The summed E-state index contributed by atoms with van der Waals surface area (Å²) in [6, 6.07) is 4.33. The Morgan fingerprint density at radius 3 is 2.52 bits per heavy atom. The van der Waals surface area contributed by atoms with Gasteiger partial charge in [0, 0.05) is 31.6 Å². The van der Waals surface area contributed by atoms with E-state index < -0.39 is 23.8 Å². The molecule has 3 aliphatic heterocycles. The van der Waals surface area contributed by atoms with Crippen LogP contribution in [0.4, 0.5) is 0 Å². The Labute approximate surface area is 169 Å². The van der Waals surface area contributed by atoms with Crippen LogP contribution in [0.5, 0.6) is 0 Å². The standard InChI is InChI=1S/C21H26N4O4/c1-2-21(22)8-10-24(11-9-21)12-13-4-3-5-14-17(13)20(29)25(19(14)28)15-6-7-16(26)23-18(15)27/h3-5,15H,2,6-12,22H2,1H3,(H,23,26,27). The topological polar surface area (TPSA) is 113 Å². The molecule has 4 amide bonds. The van der Waals surface area contributed by atoms with Crippen molar-refractivity contribution in [1.29, 1.82) is 0 Å². The van der Waals surface area contributed by atoms with Crippen LogP contribution in [-0.2, 0) is 16.1 Å². The van der Waals surface area contributed by atoms with E-state index in [1.807, 2.05) is 6.07 Å². The summed E-state index contributed by atoms with van der Waals surface area (Å²) in [5.74, 6) is -1.88. The monoisotopic (exact) mass is 398 g/mol. The van der Waals surface area contributed by atoms with E-state index in [0.717, 1.165) is 42.8 Å². The van der Waals surface area contributed by atoms with Gasteiger partial charge in [0.1, 0.15) is 6.04 Å². The number of amides is 4. The van der Waals surface area contributed by atoms with E-state index in [2.05, 4.69) is 17.1 Å². The molecule has 29 heavy (non-hydrogen) atoms. The van der Waals surface area contributed by atoms with Gasteiger partial charge in [-0.3, -0.25) is 34.3 Å². The van der Waals surface area contributed by atoms with Gasteiger partial charge in [0.05, 0.1) is 11.1 Å². The summed E-state index contributed by atoms with van der Waals surface area (Å²) in [7, 11) is 0. The lowest BCUT2D eigenvalue weighted by Crippen LogP contribution is -2.54. The SMILES string of the molecule is CCC1(N)CCN(Cc2cccc3c2C(=O)N(C2CCC(=O)NC2=O)C3=O)CC1. The van der Waals surface area contributed by atoms with E-state index in [1.54, 1.807) is 12.1 Å². The zero-order valence-corrected chi connectivity index (χ0v) is 16.6. The Morgan fingerprint density at radius 2 is 1.86 bits per heavy atom. The van der Waals surface area contributed by atoms with Crippen LogP contribution in [0.15, 0.2) is 18.2 Å². The number of likely N-dealkylation sites (tertiary alicyclic amines) is 1. The van der Waals surface area contributed by atoms with E-state index >= 15 is 0 Å². The third-order valence-corrected chi connectivity index (χ3v) is 6.50. The molecule has 0 aliphatic carbocycles. The van der Waals surface area contributed by atoms with Crippen molar-refractivity contribution in [2.24, 2.45) is 5.73 Å². The number of hydrogen-bond donors (Lipinski definition) is 2. The van der Waals surface area contributed by atoms with Crippen molar-refractivity contribution in [3.63, 3.8) is 0 Å². The molecule has 0 bridgehead atoms. The zero-order chi connectivity index (χ0) is 20.8. The maximum Gasteiger partial charge on any atom is 0.262 e. The third-order valence-electron chi connectivity index (χ3n) is 6.50. The Balaban J connectivity index is 1.55. The van der Waals surface area contributed by atoms with Gasteiger partial charge in [0.15, 0.2) is 0 Å². The van der Waals surface area contributed by atoms with Gasteiger partial charge in [-0.15, -0.1) is 0 Å². The average Bonchev–Trinajstić information content (AvgIpc) is 2.96. The minimum absolute atomic E-state index is 0.114. The normalized spacial score (nSPS) is 24.6. The number of nitrogens with zero attached hydrogens (tertiary/aromatic N) is 2. The number of rotatable bonds is 4. The third kappa shape index (κ3) is 3.47. The molecule has 8 heteroatoms. The second-order valence-corrected chi connectivity index (χ2v) is 8.28. The minimum atomic E-state index is -0.939. The van der Waals surface area contributed by atoms with Crippen LogP contribution in [0, 0.1) is 0 Å². The highest BCUT2D eigenvalue weighted by atomic mass is 16.2. The number of benzene rings is 1. The van der Waals surface area contributed by atoms with Crippen LogP contribution in [0.1, 0.15) is 65.3 Å². The molecular weight excluding hydrogens is 372 g/mol. The van der Waals surface area contributed by atoms with Crippen molar-refractivity contribution in [2.75, 3.05) is 13.1 Å². The van der Waals surface area contributed by atoms with Crippen LogP contribution in [0.2, 0.25) is 0 Å². The van der Waals surface area contributed by atoms with E-state index in [0.29, 0.717) is 17.7 Å². The number of carbonyl (C=O) groups is 4. The van der Waals surface area contributed by atoms with Gasteiger partial charge in [-0.2, -0.15) is 0 Å². The van der Waals surface area contributed by atoms with Crippen molar-refractivity contribution < 1.29 is 19.2 Å². The molecule has 1 aromatic rings. The van der Waals surface area contributed by atoms with Crippen molar-refractivity contribution in [3.8, 4) is 0 Å². The Kier molecular flexibility index (Phi) is 5.00. The van der Waals surface area contributed by atoms with E-state index in [9.17, 15) is 19.2 Å². The quantitative estimate of drug-likeness (QED) is 0.725. The summed E-state index contributed by atoms with van der Waals surface area (Å²) in [6.45, 7) is 4.35. The zero-order valence-electron chi connectivity index (χ0n) is 16.6. The molecule has 0 aromatic heterocycles. The number of nitrogens with one attached hydrogen (secondary N) is 1. The smallest absolute Gasteiger partial charge is 0.262 e. The van der Waals surface area contributed by atoms with Gasteiger partial charge < -0.3 is 5.73 Å². The summed E-state index contributed by atoms with van der Waals surface area (Å²) < 4.78 is 0. The lowest BCUT2D eigenvalue weighted by atomic mass is 9.86. The molecule has 4 rings (SSSR count). The molecule has 0 spiro atoms.